The average Bonchev–Trinajstić information content (AvgIpc) is 3.25. The third-order valence-corrected chi connectivity index (χ3v) is 10.5. The van der Waals surface area contributed by atoms with E-state index in [2.05, 4.69) is 122 Å². The highest BCUT2D eigenvalue weighted by Gasteiger charge is 2.52. The van der Waals surface area contributed by atoms with Crippen LogP contribution in [0, 0.1) is 23.7 Å². The predicted molar refractivity (Wildman–Crippen MR) is 165 cm³/mol. The van der Waals surface area contributed by atoms with Crippen LogP contribution in [0.25, 0.3) is 0 Å². The van der Waals surface area contributed by atoms with Gasteiger partial charge in [-0.05, 0) is 109 Å². The summed E-state index contributed by atoms with van der Waals surface area (Å²) in [5, 5.41) is 16.7. The maximum Gasteiger partial charge on any atom is 0.225 e. The largest absolute Gasteiger partial charge is 0.355 e. The van der Waals surface area contributed by atoms with Crippen molar-refractivity contribution in [2.75, 3.05) is 26.7 Å². The summed E-state index contributed by atoms with van der Waals surface area (Å²) in [6.45, 7) is 26.5. The van der Waals surface area contributed by atoms with E-state index in [1.807, 2.05) is 0 Å². The molecule has 3 rings (SSSR count). The standard InChI is InChI=1S/C32H60N6O3/c1-27(2)14-21(30(7,8)36-27)24(39)33-17-20(18-34-25(40)22-15-28(3,4)37-31(22,9)10)19-35-26(41)23-16-29(5,6)38(13)32(23,11)12/h20-23,36-37H,14-19H2,1-13H3,(H,33,39)(H,34,40)(H,35,41). The van der Waals surface area contributed by atoms with Crippen molar-refractivity contribution in [3.63, 3.8) is 0 Å². The van der Waals surface area contributed by atoms with Gasteiger partial charge in [0.25, 0.3) is 0 Å². The zero-order valence-electron chi connectivity index (χ0n) is 28.2. The van der Waals surface area contributed by atoms with E-state index < -0.39 is 0 Å². The first-order valence-corrected chi connectivity index (χ1v) is 15.6. The lowest BCUT2D eigenvalue weighted by atomic mass is 9.85. The number of carbonyl (C=O) groups is 3. The molecule has 0 aromatic heterocycles. The van der Waals surface area contributed by atoms with Crippen molar-refractivity contribution in [3.8, 4) is 0 Å². The Hall–Kier alpha value is -1.71. The van der Waals surface area contributed by atoms with Crippen LogP contribution < -0.4 is 26.6 Å². The first-order chi connectivity index (χ1) is 18.4. The van der Waals surface area contributed by atoms with Crippen molar-refractivity contribution >= 4 is 17.7 Å². The highest BCUT2D eigenvalue weighted by atomic mass is 16.2. The Labute approximate surface area is 249 Å². The van der Waals surface area contributed by atoms with Crippen molar-refractivity contribution in [1.82, 2.24) is 31.5 Å². The molecular formula is C32H60N6O3. The third-order valence-electron chi connectivity index (χ3n) is 10.5. The van der Waals surface area contributed by atoms with Gasteiger partial charge in [0, 0.05) is 58.8 Å². The minimum Gasteiger partial charge on any atom is -0.355 e. The van der Waals surface area contributed by atoms with Gasteiger partial charge in [0.15, 0.2) is 0 Å². The molecule has 9 heteroatoms. The second-order valence-corrected chi connectivity index (χ2v) is 16.9. The van der Waals surface area contributed by atoms with Crippen molar-refractivity contribution in [3.05, 3.63) is 0 Å². The Morgan fingerprint density at radius 1 is 0.634 bits per heavy atom. The highest BCUT2D eigenvalue weighted by Crippen LogP contribution is 2.43. The van der Waals surface area contributed by atoms with E-state index in [0.29, 0.717) is 19.6 Å². The monoisotopic (exact) mass is 576 g/mol. The lowest BCUT2D eigenvalue weighted by Crippen LogP contribution is -2.52. The highest BCUT2D eigenvalue weighted by molar-refractivity contribution is 5.82. The number of nitrogens with zero attached hydrogens (tertiary/aromatic N) is 1. The third kappa shape index (κ3) is 7.45. The number of carbonyl (C=O) groups excluding carboxylic acids is 3. The number of hydrogen-bond donors (Lipinski definition) is 5. The molecule has 3 atom stereocenters. The lowest BCUT2D eigenvalue weighted by molar-refractivity contribution is -0.127. The van der Waals surface area contributed by atoms with Crippen LogP contribution in [0.1, 0.15) is 102 Å². The molecule has 5 N–H and O–H groups in total. The summed E-state index contributed by atoms with van der Waals surface area (Å²) >= 11 is 0. The summed E-state index contributed by atoms with van der Waals surface area (Å²) < 4.78 is 0. The second kappa shape index (κ2) is 11.1. The molecule has 3 amide bonds. The van der Waals surface area contributed by atoms with Gasteiger partial charge in [0.1, 0.15) is 0 Å². The van der Waals surface area contributed by atoms with Gasteiger partial charge in [-0.2, -0.15) is 0 Å². The summed E-state index contributed by atoms with van der Waals surface area (Å²) in [6.07, 6.45) is 2.28. The summed E-state index contributed by atoms with van der Waals surface area (Å²) in [7, 11) is 2.09. The molecule has 0 spiro atoms. The van der Waals surface area contributed by atoms with Crippen LogP contribution in [0.15, 0.2) is 0 Å². The SMILES string of the molecule is CN1C(C)(C)CC(C(=O)NCC(CNC(=O)C2CC(C)(C)NC2(C)C)CNC(=O)C2CC(C)(C)NC2(C)C)C1(C)C. The van der Waals surface area contributed by atoms with Crippen molar-refractivity contribution in [1.29, 1.82) is 0 Å². The molecule has 9 nitrogen and oxygen atoms in total. The fourth-order valence-electron chi connectivity index (χ4n) is 8.03. The van der Waals surface area contributed by atoms with E-state index in [1.54, 1.807) is 0 Å². The van der Waals surface area contributed by atoms with E-state index >= 15 is 0 Å². The molecule has 0 aromatic carbocycles. The molecule has 236 valence electrons. The fraction of sp³-hybridized carbons (Fsp3) is 0.906. The van der Waals surface area contributed by atoms with Crippen molar-refractivity contribution in [2.24, 2.45) is 23.7 Å². The molecule has 3 heterocycles. The molecule has 3 aliphatic rings. The average molecular weight is 577 g/mol. The van der Waals surface area contributed by atoms with Gasteiger partial charge in [-0.3, -0.25) is 19.3 Å². The van der Waals surface area contributed by atoms with Crippen LogP contribution in [-0.2, 0) is 14.4 Å². The number of amides is 3. The normalized spacial score (nSPS) is 31.4. The van der Waals surface area contributed by atoms with Crippen molar-refractivity contribution in [2.45, 2.75) is 136 Å². The van der Waals surface area contributed by atoms with Crippen LogP contribution in [0.4, 0.5) is 0 Å². The van der Waals surface area contributed by atoms with E-state index in [0.717, 1.165) is 19.3 Å². The maximum atomic E-state index is 13.5. The number of likely N-dealkylation sites (tertiary alicyclic amines) is 1. The van der Waals surface area contributed by atoms with Gasteiger partial charge in [0.05, 0.1) is 17.8 Å². The Morgan fingerprint density at radius 3 is 1.24 bits per heavy atom. The molecule has 3 unspecified atom stereocenters. The zero-order valence-corrected chi connectivity index (χ0v) is 28.2. The summed E-state index contributed by atoms with van der Waals surface area (Å²) in [4.78, 5) is 42.5. The molecule has 41 heavy (non-hydrogen) atoms. The van der Waals surface area contributed by atoms with Gasteiger partial charge in [-0.25, -0.2) is 0 Å². The van der Waals surface area contributed by atoms with Gasteiger partial charge < -0.3 is 26.6 Å². The molecule has 0 aliphatic carbocycles. The minimum absolute atomic E-state index is 0.0129. The number of hydrogen-bond acceptors (Lipinski definition) is 6. The molecule has 3 saturated heterocycles. The van der Waals surface area contributed by atoms with Gasteiger partial charge >= 0.3 is 0 Å². The smallest absolute Gasteiger partial charge is 0.225 e. The van der Waals surface area contributed by atoms with Crippen LogP contribution >= 0.6 is 0 Å². The quantitative estimate of drug-likeness (QED) is 0.289. The number of rotatable bonds is 9. The van der Waals surface area contributed by atoms with Gasteiger partial charge in [-0.15, -0.1) is 0 Å². The predicted octanol–water partition coefficient (Wildman–Crippen LogP) is 2.79. The number of nitrogens with one attached hydrogen (secondary N) is 5. The van der Waals surface area contributed by atoms with Gasteiger partial charge in [0.2, 0.25) is 17.7 Å². The second-order valence-electron chi connectivity index (χ2n) is 16.9. The zero-order chi connectivity index (χ0) is 31.4. The van der Waals surface area contributed by atoms with Crippen molar-refractivity contribution < 1.29 is 14.4 Å². The van der Waals surface area contributed by atoms with E-state index in [-0.39, 0.29) is 74.6 Å². The first-order valence-electron chi connectivity index (χ1n) is 15.6. The summed E-state index contributed by atoms with van der Waals surface area (Å²) in [5.41, 5.74) is -1.19. The van der Waals surface area contributed by atoms with E-state index in [1.165, 1.54) is 0 Å². The first kappa shape index (κ1) is 33.8. The Bertz CT molecular complexity index is 963. The molecule has 0 aromatic rings. The minimum atomic E-state index is -0.313. The lowest BCUT2D eigenvalue weighted by Gasteiger charge is -2.38. The van der Waals surface area contributed by atoms with Crippen LogP contribution in [-0.4, -0.2) is 82.5 Å². The molecule has 3 aliphatic heterocycles. The maximum absolute atomic E-state index is 13.5. The Balaban J connectivity index is 1.68. The van der Waals surface area contributed by atoms with Crippen LogP contribution in [0.5, 0.6) is 0 Å². The van der Waals surface area contributed by atoms with E-state index in [4.69, 9.17) is 0 Å². The van der Waals surface area contributed by atoms with Crippen LogP contribution in [0.3, 0.4) is 0 Å². The molecular weight excluding hydrogens is 516 g/mol. The Morgan fingerprint density at radius 2 is 0.976 bits per heavy atom. The summed E-state index contributed by atoms with van der Waals surface area (Å²) in [6, 6.07) is 0. The van der Waals surface area contributed by atoms with Crippen LogP contribution in [0.2, 0.25) is 0 Å². The molecule has 0 bridgehead atoms. The Kier molecular flexibility index (Phi) is 9.14. The molecule has 3 fully saturated rings. The van der Waals surface area contributed by atoms with E-state index in [9.17, 15) is 14.4 Å². The molecule has 0 radical (unpaired) electrons. The van der Waals surface area contributed by atoms with Gasteiger partial charge in [-0.1, -0.05) is 0 Å². The topological polar surface area (TPSA) is 115 Å². The molecule has 0 saturated carbocycles. The summed E-state index contributed by atoms with van der Waals surface area (Å²) in [5.74, 6) is -0.553. The fourth-order valence-corrected chi connectivity index (χ4v) is 8.03.